The summed E-state index contributed by atoms with van der Waals surface area (Å²) < 4.78 is 0. The first kappa shape index (κ1) is 8.39. The Labute approximate surface area is 69.1 Å². The number of hydrogen-bond donors (Lipinski definition) is 1. The summed E-state index contributed by atoms with van der Waals surface area (Å²) in [6, 6.07) is -0.391. The standard InChI is InChI=1S/C6H10N2O2S/c1-4(9)8-3-11-2-5(8)6(7)10/h5H,2-3H2,1H3,(H2,7,10)/t5-/m0/s1. The van der Waals surface area contributed by atoms with Crippen molar-refractivity contribution in [2.75, 3.05) is 11.6 Å². The molecule has 0 aromatic rings. The summed E-state index contributed by atoms with van der Waals surface area (Å²) in [5.41, 5.74) is 5.08. The number of amides is 2. The van der Waals surface area contributed by atoms with Crippen LogP contribution in [0.2, 0.25) is 0 Å². The lowest BCUT2D eigenvalue weighted by molar-refractivity contribution is -0.135. The molecular formula is C6H10N2O2S. The Morgan fingerprint density at radius 3 is 2.64 bits per heavy atom. The fraction of sp³-hybridized carbons (Fsp3) is 0.667. The van der Waals surface area contributed by atoms with E-state index in [2.05, 4.69) is 0 Å². The Bertz CT molecular complexity index is 175. The second-order valence-corrected chi connectivity index (χ2v) is 3.41. The first-order chi connectivity index (χ1) is 5.13. The Morgan fingerprint density at radius 1 is 1.64 bits per heavy atom. The van der Waals surface area contributed by atoms with Gasteiger partial charge in [0.2, 0.25) is 11.8 Å². The van der Waals surface area contributed by atoms with Crippen molar-refractivity contribution < 1.29 is 9.59 Å². The van der Waals surface area contributed by atoms with Crippen LogP contribution >= 0.6 is 11.8 Å². The molecule has 0 radical (unpaired) electrons. The monoisotopic (exact) mass is 174 g/mol. The molecule has 0 saturated carbocycles. The molecule has 1 saturated heterocycles. The lowest BCUT2D eigenvalue weighted by Gasteiger charge is -2.18. The number of nitrogens with zero attached hydrogens (tertiary/aromatic N) is 1. The van der Waals surface area contributed by atoms with E-state index in [1.807, 2.05) is 0 Å². The third-order valence-corrected chi connectivity index (χ3v) is 2.63. The van der Waals surface area contributed by atoms with Gasteiger partial charge in [-0.1, -0.05) is 0 Å². The number of nitrogens with two attached hydrogens (primary N) is 1. The third kappa shape index (κ3) is 1.65. The van der Waals surface area contributed by atoms with Crippen LogP contribution in [-0.4, -0.2) is 34.4 Å². The summed E-state index contributed by atoms with van der Waals surface area (Å²) in [5, 5.41) is 0. The van der Waals surface area contributed by atoms with Gasteiger partial charge < -0.3 is 10.6 Å². The van der Waals surface area contributed by atoms with Gasteiger partial charge in [-0.25, -0.2) is 0 Å². The number of thioether (sulfide) groups is 1. The molecule has 0 bridgehead atoms. The van der Waals surface area contributed by atoms with E-state index in [-0.39, 0.29) is 5.91 Å². The molecular weight excluding hydrogens is 164 g/mol. The first-order valence-electron chi connectivity index (χ1n) is 3.27. The fourth-order valence-electron chi connectivity index (χ4n) is 0.989. The van der Waals surface area contributed by atoms with E-state index in [1.54, 1.807) is 11.8 Å². The molecule has 2 N–H and O–H groups in total. The number of carbonyl (C=O) groups is 2. The molecule has 11 heavy (non-hydrogen) atoms. The minimum Gasteiger partial charge on any atom is -0.368 e. The van der Waals surface area contributed by atoms with Crippen LogP contribution in [0.25, 0.3) is 0 Å². The summed E-state index contributed by atoms with van der Waals surface area (Å²) in [5.74, 6) is 0.724. The minimum atomic E-state index is -0.412. The first-order valence-corrected chi connectivity index (χ1v) is 4.42. The lowest BCUT2D eigenvalue weighted by Crippen LogP contribution is -2.44. The van der Waals surface area contributed by atoms with Crippen LogP contribution in [0.15, 0.2) is 0 Å². The molecule has 5 heteroatoms. The molecule has 0 aromatic heterocycles. The average molecular weight is 174 g/mol. The summed E-state index contributed by atoms with van der Waals surface area (Å²) in [6.07, 6.45) is 0. The summed E-state index contributed by atoms with van der Waals surface area (Å²) in [4.78, 5) is 23.1. The van der Waals surface area contributed by atoms with Crippen molar-refractivity contribution in [3.8, 4) is 0 Å². The molecule has 0 aliphatic carbocycles. The molecule has 0 aromatic carbocycles. The molecule has 0 unspecified atom stereocenters. The van der Waals surface area contributed by atoms with Crippen LogP contribution in [0, 0.1) is 0 Å². The highest BCUT2D eigenvalue weighted by Crippen LogP contribution is 2.20. The van der Waals surface area contributed by atoms with Crippen molar-refractivity contribution in [2.24, 2.45) is 5.73 Å². The van der Waals surface area contributed by atoms with Crippen molar-refractivity contribution in [1.82, 2.24) is 4.90 Å². The summed E-state index contributed by atoms with van der Waals surface area (Å²) in [7, 11) is 0. The van der Waals surface area contributed by atoms with Gasteiger partial charge in [-0.2, -0.15) is 0 Å². The number of carbonyl (C=O) groups excluding carboxylic acids is 2. The van der Waals surface area contributed by atoms with E-state index in [0.29, 0.717) is 11.6 Å². The predicted molar refractivity (Wildman–Crippen MR) is 42.8 cm³/mol. The van der Waals surface area contributed by atoms with Gasteiger partial charge in [0.05, 0.1) is 5.88 Å². The number of rotatable bonds is 1. The van der Waals surface area contributed by atoms with E-state index in [4.69, 9.17) is 5.73 Å². The van der Waals surface area contributed by atoms with Crippen molar-refractivity contribution >= 4 is 23.6 Å². The van der Waals surface area contributed by atoms with Crippen LogP contribution in [-0.2, 0) is 9.59 Å². The Morgan fingerprint density at radius 2 is 2.27 bits per heavy atom. The summed E-state index contributed by atoms with van der Waals surface area (Å²) in [6.45, 7) is 1.45. The predicted octanol–water partition coefficient (Wildman–Crippen LogP) is -0.607. The molecule has 2 amide bonds. The van der Waals surface area contributed by atoms with Crippen molar-refractivity contribution in [3.63, 3.8) is 0 Å². The largest absolute Gasteiger partial charge is 0.368 e. The van der Waals surface area contributed by atoms with Crippen LogP contribution in [0.4, 0.5) is 0 Å². The van der Waals surface area contributed by atoms with Gasteiger partial charge in [0, 0.05) is 12.7 Å². The van der Waals surface area contributed by atoms with Crippen molar-refractivity contribution in [2.45, 2.75) is 13.0 Å². The number of hydrogen-bond acceptors (Lipinski definition) is 3. The molecule has 62 valence electrons. The third-order valence-electron chi connectivity index (χ3n) is 1.62. The molecule has 1 atom stereocenters. The van der Waals surface area contributed by atoms with Gasteiger partial charge in [0.25, 0.3) is 0 Å². The van der Waals surface area contributed by atoms with Crippen LogP contribution in [0.3, 0.4) is 0 Å². The van der Waals surface area contributed by atoms with Gasteiger partial charge in [0.15, 0.2) is 0 Å². The minimum absolute atomic E-state index is 0.0844. The zero-order valence-electron chi connectivity index (χ0n) is 6.24. The van der Waals surface area contributed by atoms with Gasteiger partial charge in [-0.05, 0) is 0 Å². The number of primary amides is 1. The maximum atomic E-state index is 10.9. The van der Waals surface area contributed by atoms with Gasteiger partial charge in [-0.3, -0.25) is 9.59 Å². The van der Waals surface area contributed by atoms with E-state index in [0.717, 1.165) is 0 Å². The van der Waals surface area contributed by atoms with Crippen LogP contribution in [0.5, 0.6) is 0 Å². The second kappa shape index (κ2) is 3.13. The second-order valence-electron chi connectivity index (χ2n) is 2.41. The maximum Gasteiger partial charge on any atom is 0.241 e. The Balaban J connectivity index is 2.65. The van der Waals surface area contributed by atoms with Gasteiger partial charge >= 0.3 is 0 Å². The van der Waals surface area contributed by atoms with E-state index in [9.17, 15) is 9.59 Å². The highest BCUT2D eigenvalue weighted by molar-refractivity contribution is 7.99. The normalized spacial score (nSPS) is 23.7. The fourth-order valence-corrected chi connectivity index (χ4v) is 2.22. The van der Waals surface area contributed by atoms with Crippen molar-refractivity contribution in [3.05, 3.63) is 0 Å². The van der Waals surface area contributed by atoms with Gasteiger partial charge in [0.1, 0.15) is 6.04 Å². The zero-order valence-corrected chi connectivity index (χ0v) is 7.06. The van der Waals surface area contributed by atoms with Gasteiger partial charge in [-0.15, -0.1) is 11.8 Å². The molecule has 1 aliphatic heterocycles. The highest BCUT2D eigenvalue weighted by atomic mass is 32.2. The quantitative estimate of drug-likeness (QED) is 0.577. The molecule has 1 heterocycles. The SMILES string of the molecule is CC(=O)N1CSC[C@H]1C(N)=O. The average Bonchev–Trinajstić information content (AvgIpc) is 2.32. The summed E-state index contributed by atoms with van der Waals surface area (Å²) >= 11 is 1.55. The Kier molecular flexibility index (Phi) is 2.38. The van der Waals surface area contributed by atoms with E-state index >= 15 is 0 Å². The topological polar surface area (TPSA) is 63.4 Å². The smallest absolute Gasteiger partial charge is 0.241 e. The molecule has 1 rings (SSSR count). The Hall–Kier alpha value is -0.710. The molecule has 4 nitrogen and oxygen atoms in total. The zero-order chi connectivity index (χ0) is 8.43. The lowest BCUT2D eigenvalue weighted by atomic mass is 10.3. The van der Waals surface area contributed by atoms with Crippen molar-refractivity contribution in [1.29, 1.82) is 0 Å². The highest BCUT2D eigenvalue weighted by Gasteiger charge is 2.30. The maximum absolute atomic E-state index is 10.9. The molecule has 1 fully saturated rings. The molecule has 1 aliphatic rings. The van der Waals surface area contributed by atoms with Crippen LogP contribution < -0.4 is 5.73 Å². The van der Waals surface area contributed by atoms with E-state index in [1.165, 1.54) is 11.8 Å². The van der Waals surface area contributed by atoms with E-state index < -0.39 is 11.9 Å². The molecule has 0 spiro atoms. The van der Waals surface area contributed by atoms with Crippen LogP contribution in [0.1, 0.15) is 6.92 Å².